The summed E-state index contributed by atoms with van der Waals surface area (Å²) >= 11 is 0. The minimum atomic E-state index is -0.461. The monoisotopic (exact) mass is 142 g/mol. The molecule has 0 spiro atoms. The predicted molar refractivity (Wildman–Crippen MR) is 36.4 cm³/mol. The number of aliphatic hydroxyl groups excluding tert-OH is 1. The van der Waals surface area contributed by atoms with Gasteiger partial charge in [-0.15, -0.1) is 0 Å². The summed E-state index contributed by atoms with van der Waals surface area (Å²) < 4.78 is 0. The average Bonchev–Trinajstić information content (AvgIpc) is 1.94. The molecule has 1 aliphatic heterocycles. The molecular weight excluding hydrogens is 132 g/mol. The largest absolute Gasteiger partial charge is 0.393 e. The molecule has 56 valence electrons. The highest BCUT2D eigenvalue weighted by Gasteiger charge is 2.20. The van der Waals surface area contributed by atoms with Gasteiger partial charge in [0.1, 0.15) is 0 Å². The summed E-state index contributed by atoms with van der Waals surface area (Å²) in [5, 5.41) is 15.7. The summed E-state index contributed by atoms with van der Waals surface area (Å²) in [6, 6.07) is -0.279. The van der Waals surface area contributed by atoms with E-state index in [9.17, 15) is 5.11 Å². The molecule has 0 unspecified atom stereocenters. The van der Waals surface area contributed by atoms with Crippen molar-refractivity contribution in [3.63, 3.8) is 0 Å². The van der Waals surface area contributed by atoms with Crippen LogP contribution >= 0.6 is 0 Å². The third kappa shape index (κ3) is 1.60. The second kappa shape index (κ2) is 3.41. The second-order valence-corrected chi connectivity index (χ2v) is 2.33. The van der Waals surface area contributed by atoms with E-state index in [0.717, 1.165) is 6.54 Å². The van der Waals surface area contributed by atoms with E-state index < -0.39 is 6.10 Å². The van der Waals surface area contributed by atoms with Crippen molar-refractivity contribution in [3.8, 4) is 0 Å². The zero-order chi connectivity index (χ0) is 7.40. The molecule has 2 N–H and O–H groups in total. The molecule has 0 radical (unpaired) electrons. The molecule has 0 aromatic rings. The number of nitrogens with zero attached hydrogens (tertiary/aromatic N) is 3. The van der Waals surface area contributed by atoms with Crippen molar-refractivity contribution in [2.24, 2.45) is 5.11 Å². The molecule has 0 aromatic carbocycles. The number of hydrogen-bond acceptors (Lipinski definition) is 3. The number of nitrogens with one attached hydrogen (secondary N) is 1. The van der Waals surface area contributed by atoms with E-state index in [-0.39, 0.29) is 6.04 Å². The van der Waals surface area contributed by atoms with Gasteiger partial charge in [0.25, 0.3) is 0 Å². The molecule has 5 heteroatoms. The van der Waals surface area contributed by atoms with E-state index >= 15 is 0 Å². The van der Waals surface area contributed by atoms with Gasteiger partial charge in [0.2, 0.25) is 0 Å². The van der Waals surface area contributed by atoms with Gasteiger partial charge < -0.3 is 10.4 Å². The van der Waals surface area contributed by atoms with Crippen LogP contribution < -0.4 is 5.32 Å². The minimum Gasteiger partial charge on any atom is -0.393 e. The zero-order valence-electron chi connectivity index (χ0n) is 5.56. The van der Waals surface area contributed by atoms with Crippen molar-refractivity contribution in [3.05, 3.63) is 10.4 Å². The van der Waals surface area contributed by atoms with Crippen molar-refractivity contribution in [1.82, 2.24) is 5.32 Å². The Kier molecular flexibility index (Phi) is 2.50. The quantitative estimate of drug-likeness (QED) is 0.307. The van der Waals surface area contributed by atoms with Crippen LogP contribution in [0.1, 0.15) is 6.42 Å². The van der Waals surface area contributed by atoms with E-state index in [1.807, 2.05) is 0 Å². The fourth-order valence-electron chi connectivity index (χ4n) is 1.01. The summed E-state index contributed by atoms with van der Waals surface area (Å²) in [5.41, 5.74) is 8.06. The van der Waals surface area contributed by atoms with Gasteiger partial charge in [-0.25, -0.2) is 0 Å². The van der Waals surface area contributed by atoms with Crippen LogP contribution in [0.25, 0.3) is 10.4 Å². The van der Waals surface area contributed by atoms with Gasteiger partial charge in [0, 0.05) is 11.5 Å². The molecule has 0 amide bonds. The zero-order valence-corrected chi connectivity index (χ0v) is 5.56. The molecule has 0 saturated carbocycles. The van der Waals surface area contributed by atoms with Crippen LogP contribution in [0.5, 0.6) is 0 Å². The lowest BCUT2D eigenvalue weighted by molar-refractivity contribution is 0.116. The summed E-state index contributed by atoms with van der Waals surface area (Å²) in [4.78, 5) is 2.63. The smallest absolute Gasteiger partial charge is 0.0758 e. The topological polar surface area (TPSA) is 81.0 Å². The first-order chi connectivity index (χ1) is 4.84. The molecule has 0 aliphatic carbocycles. The van der Waals surface area contributed by atoms with Crippen LogP contribution in [-0.2, 0) is 0 Å². The van der Waals surface area contributed by atoms with Crippen molar-refractivity contribution in [2.75, 3.05) is 13.1 Å². The Bertz CT molecular complexity index is 154. The normalized spacial score (nSPS) is 32.9. The SMILES string of the molecule is [N-]=[N+]=N[C@H]1CNCC[C@@H]1O. The van der Waals surface area contributed by atoms with Gasteiger partial charge in [-0.3, -0.25) is 0 Å². The van der Waals surface area contributed by atoms with Crippen LogP contribution in [0.2, 0.25) is 0 Å². The van der Waals surface area contributed by atoms with Crippen LogP contribution in [0, 0.1) is 0 Å². The summed E-state index contributed by atoms with van der Waals surface area (Å²) in [6.45, 7) is 1.39. The Morgan fingerprint density at radius 1 is 1.70 bits per heavy atom. The fourth-order valence-corrected chi connectivity index (χ4v) is 1.01. The lowest BCUT2D eigenvalue weighted by Crippen LogP contribution is -2.42. The van der Waals surface area contributed by atoms with Crippen LogP contribution in [0.15, 0.2) is 5.11 Å². The van der Waals surface area contributed by atoms with E-state index in [0.29, 0.717) is 13.0 Å². The molecule has 0 aromatic heterocycles. The maximum atomic E-state index is 9.20. The van der Waals surface area contributed by atoms with Crippen molar-refractivity contribution >= 4 is 0 Å². The lowest BCUT2D eigenvalue weighted by atomic mass is 10.1. The first-order valence-corrected chi connectivity index (χ1v) is 3.27. The van der Waals surface area contributed by atoms with Gasteiger partial charge in [0.05, 0.1) is 12.1 Å². The Labute approximate surface area is 58.7 Å². The highest BCUT2D eigenvalue weighted by Crippen LogP contribution is 2.06. The lowest BCUT2D eigenvalue weighted by Gasteiger charge is -2.23. The van der Waals surface area contributed by atoms with E-state index in [1.54, 1.807) is 0 Å². The third-order valence-corrected chi connectivity index (χ3v) is 1.61. The number of rotatable bonds is 1. The standard InChI is InChI=1S/C5H10N4O/c6-9-8-4-3-7-2-1-5(4)10/h4-5,7,10H,1-3H2/t4-,5-/m0/s1. The number of aliphatic hydroxyl groups is 1. The van der Waals surface area contributed by atoms with Crippen LogP contribution in [-0.4, -0.2) is 30.3 Å². The predicted octanol–water partition coefficient (Wildman–Crippen LogP) is 0.0195. The van der Waals surface area contributed by atoms with Gasteiger partial charge in [-0.2, -0.15) is 0 Å². The van der Waals surface area contributed by atoms with Crippen LogP contribution in [0.4, 0.5) is 0 Å². The highest BCUT2D eigenvalue weighted by molar-refractivity contribution is 4.82. The van der Waals surface area contributed by atoms with E-state index in [2.05, 4.69) is 15.3 Å². The molecule has 1 fully saturated rings. The molecular formula is C5H10N4O. The van der Waals surface area contributed by atoms with E-state index in [4.69, 9.17) is 5.53 Å². The fraction of sp³-hybridized carbons (Fsp3) is 1.00. The first-order valence-electron chi connectivity index (χ1n) is 3.27. The second-order valence-electron chi connectivity index (χ2n) is 2.33. The van der Waals surface area contributed by atoms with Crippen LogP contribution in [0.3, 0.4) is 0 Å². The molecule has 2 atom stereocenters. The number of azide groups is 1. The summed E-state index contributed by atoms with van der Waals surface area (Å²) in [7, 11) is 0. The minimum absolute atomic E-state index is 0.279. The maximum Gasteiger partial charge on any atom is 0.0758 e. The first kappa shape index (κ1) is 7.34. The molecule has 1 rings (SSSR count). The van der Waals surface area contributed by atoms with E-state index in [1.165, 1.54) is 0 Å². The highest BCUT2D eigenvalue weighted by atomic mass is 16.3. The number of hydrogen-bond donors (Lipinski definition) is 2. The van der Waals surface area contributed by atoms with Gasteiger partial charge in [-0.1, -0.05) is 5.11 Å². The molecule has 1 heterocycles. The van der Waals surface area contributed by atoms with Crippen molar-refractivity contribution < 1.29 is 5.11 Å². The van der Waals surface area contributed by atoms with Gasteiger partial charge in [-0.05, 0) is 18.5 Å². The molecule has 0 bridgehead atoms. The molecule has 10 heavy (non-hydrogen) atoms. The molecule has 1 saturated heterocycles. The molecule has 1 aliphatic rings. The summed E-state index contributed by atoms with van der Waals surface area (Å²) in [5.74, 6) is 0. The van der Waals surface area contributed by atoms with Crippen molar-refractivity contribution in [1.29, 1.82) is 0 Å². The average molecular weight is 142 g/mol. The molecule has 5 nitrogen and oxygen atoms in total. The Balaban J connectivity index is 2.47. The third-order valence-electron chi connectivity index (χ3n) is 1.61. The van der Waals surface area contributed by atoms with Crippen molar-refractivity contribution in [2.45, 2.75) is 18.6 Å². The number of piperidine rings is 1. The van der Waals surface area contributed by atoms with Gasteiger partial charge >= 0.3 is 0 Å². The Morgan fingerprint density at radius 2 is 2.50 bits per heavy atom. The maximum absolute atomic E-state index is 9.20. The van der Waals surface area contributed by atoms with Gasteiger partial charge in [0.15, 0.2) is 0 Å². The Morgan fingerprint density at radius 3 is 3.10 bits per heavy atom. The Hall–Kier alpha value is -0.770. The summed E-state index contributed by atoms with van der Waals surface area (Å²) in [6.07, 6.45) is 0.209.